The third kappa shape index (κ3) is 2.45. The molecule has 0 aliphatic rings. The summed E-state index contributed by atoms with van der Waals surface area (Å²) in [7, 11) is 0. The number of hydrogen-bond acceptors (Lipinski definition) is 9. The monoisotopic (exact) mass is 326 g/mol. The molecule has 0 aromatic carbocycles. The van der Waals surface area contributed by atoms with E-state index in [-0.39, 0.29) is 5.69 Å². The Balaban J connectivity index is 3.94. The maximum atomic E-state index is 12.5. The van der Waals surface area contributed by atoms with E-state index < -0.39 is 53.9 Å². The van der Waals surface area contributed by atoms with Crippen molar-refractivity contribution in [2.24, 2.45) is 22.9 Å². The number of carbonyl (C=O) groups is 4. The Labute approximate surface area is 130 Å². The number of carbonyl (C=O) groups excluding carboxylic acids is 3. The van der Waals surface area contributed by atoms with Crippen LogP contribution in [-0.2, 0) is 24.6 Å². The molecule has 0 aliphatic heterocycles. The highest BCUT2D eigenvalue weighted by molar-refractivity contribution is 6.26. The number of aliphatic carboxylic acids is 1. The minimum atomic E-state index is -2.98. The van der Waals surface area contributed by atoms with Crippen molar-refractivity contribution in [3.8, 4) is 0 Å². The van der Waals surface area contributed by atoms with E-state index in [4.69, 9.17) is 22.9 Å². The van der Waals surface area contributed by atoms with Gasteiger partial charge < -0.3 is 33.0 Å². The number of aromatic amines is 1. The van der Waals surface area contributed by atoms with Gasteiger partial charge in [-0.15, -0.1) is 0 Å². The van der Waals surface area contributed by atoms with Gasteiger partial charge in [0.25, 0.3) is 0 Å². The van der Waals surface area contributed by atoms with Crippen molar-refractivity contribution >= 4 is 23.3 Å². The molecular weight excluding hydrogens is 308 g/mol. The van der Waals surface area contributed by atoms with E-state index in [1.165, 1.54) is 0 Å². The summed E-state index contributed by atoms with van der Waals surface area (Å²) in [6.45, 7) is -2.32. The molecule has 1 aromatic rings. The van der Waals surface area contributed by atoms with Crippen LogP contribution in [0.5, 0.6) is 0 Å². The summed E-state index contributed by atoms with van der Waals surface area (Å²) >= 11 is 0. The van der Waals surface area contributed by atoms with Gasteiger partial charge in [-0.25, -0.2) is 9.78 Å². The fourth-order valence-electron chi connectivity index (χ4n) is 2.53. The molecule has 23 heavy (non-hydrogen) atoms. The van der Waals surface area contributed by atoms with Gasteiger partial charge in [-0.3, -0.25) is 14.4 Å². The molecule has 126 valence electrons. The number of ketones is 3. The number of nitrogens with one attached hydrogen (secondary N) is 1. The smallest absolute Gasteiger partial charge is 0.333 e. The topological polar surface area (TPSA) is 221 Å². The van der Waals surface area contributed by atoms with Gasteiger partial charge in [0.15, 0.2) is 28.3 Å². The predicted molar refractivity (Wildman–Crippen MR) is 77.0 cm³/mol. The predicted octanol–water partition coefficient (Wildman–Crippen LogP) is -3.99. The van der Waals surface area contributed by atoms with Gasteiger partial charge in [-0.1, -0.05) is 0 Å². The van der Waals surface area contributed by atoms with Gasteiger partial charge >= 0.3 is 5.97 Å². The third-order valence-electron chi connectivity index (χ3n) is 3.66. The molecule has 0 aliphatic carbocycles. The van der Waals surface area contributed by atoms with E-state index in [9.17, 15) is 24.3 Å². The van der Waals surface area contributed by atoms with Crippen molar-refractivity contribution in [3.63, 3.8) is 0 Å². The highest BCUT2D eigenvalue weighted by atomic mass is 16.4. The molecule has 0 saturated heterocycles. The van der Waals surface area contributed by atoms with E-state index in [1.807, 2.05) is 0 Å². The first kappa shape index (κ1) is 18.6. The number of aromatic nitrogens is 2. The molecule has 0 bridgehead atoms. The van der Waals surface area contributed by atoms with Crippen LogP contribution in [-0.4, -0.2) is 63.6 Å². The molecule has 0 spiro atoms. The number of rotatable bonds is 9. The Morgan fingerprint density at radius 1 is 1.04 bits per heavy atom. The second kappa shape index (κ2) is 6.75. The fourth-order valence-corrected chi connectivity index (χ4v) is 2.53. The Morgan fingerprint density at radius 2 is 1.52 bits per heavy atom. The highest BCUT2D eigenvalue weighted by Gasteiger charge is 2.67. The van der Waals surface area contributed by atoms with Crippen molar-refractivity contribution in [2.45, 2.75) is 11.0 Å². The van der Waals surface area contributed by atoms with Gasteiger partial charge in [0, 0.05) is 6.20 Å². The van der Waals surface area contributed by atoms with Gasteiger partial charge in [-0.2, -0.15) is 0 Å². The Morgan fingerprint density at radius 3 is 1.83 bits per heavy atom. The van der Waals surface area contributed by atoms with E-state index in [2.05, 4.69) is 9.97 Å². The van der Waals surface area contributed by atoms with E-state index >= 15 is 0 Å². The summed E-state index contributed by atoms with van der Waals surface area (Å²) in [6.07, 6.45) is 2.10. The first-order valence-corrected chi connectivity index (χ1v) is 6.46. The summed E-state index contributed by atoms with van der Waals surface area (Å²) in [5.41, 5.74) is 15.7. The number of Topliss-reactive ketones (excluding diaryl/α,β-unsaturated/α-hetero) is 3. The number of carboxylic acids is 1. The normalized spacial score (nSPS) is 14.1. The van der Waals surface area contributed by atoms with Crippen LogP contribution in [0.15, 0.2) is 12.5 Å². The lowest BCUT2D eigenvalue weighted by Crippen LogP contribution is -2.76. The molecule has 11 heteroatoms. The molecular formula is C12H18N6O5. The van der Waals surface area contributed by atoms with Crippen molar-refractivity contribution in [3.05, 3.63) is 18.2 Å². The van der Waals surface area contributed by atoms with Crippen LogP contribution in [0.1, 0.15) is 5.69 Å². The maximum Gasteiger partial charge on any atom is 0.333 e. The lowest BCUT2D eigenvalue weighted by atomic mass is 9.60. The molecule has 10 N–H and O–H groups in total. The highest BCUT2D eigenvalue weighted by Crippen LogP contribution is 2.36. The molecule has 1 aromatic heterocycles. The van der Waals surface area contributed by atoms with Crippen LogP contribution in [0.3, 0.4) is 0 Å². The lowest BCUT2D eigenvalue weighted by molar-refractivity contribution is -0.159. The Hall–Kier alpha value is -2.47. The molecule has 0 amide bonds. The SMILES string of the molecule is NCC(=O)C(C(=O)CN)(c1cnc[nH]1)[C@](N)(C(=O)O)C(=O)CN. The number of imidazole rings is 1. The second-order valence-electron chi connectivity index (χ2n) is 4.71. The largest absolute Gasteiger partial charge is 0.479 e. The zero-order valence-electron chi connectivity index (χ0n) is 12.1. The molecule has 0 saturated carbocycles. The Bertz CT molecular complexity index is 612. The second-order valence-corrected chi connectivity index (χ2v) is 4.71. The zero-order chi connectivity index (χ0) is 17.8. The lowest BCUT2D eigenvalue weighted by Gasteiger charge is -2.40. The van der Waals surface area contributed by atoms with E-state index in [1.54, 1.807) is 0 Å². The minimum absolute atomic E-state index is 0.296. The first-order chi connectivity index (χ1) is 10.7. The van der Waals surface area contributed by atoms with Gasteiger partial charge in [0.2, 0.25) is 0 Å². The summed E-state index contributed by atoms with van der Waals surface area (Å²) in [6, 6.07) is 0. The number of nitrogens with two attached hydrogens (primary N) is 4. The molecule has 0 radical (unpaired) electrons. The van der Waals surface area contributed by atoms with Crippen molar-refractivity contribution in [1.29, 1.82) is 0 Å². The first-order valence-electron chi connectivity index (χ1n) is 6.46. The van der Waals surface area contributed by atoms with Crippen LogP contribution in [0.2, 0.25) is 0 Å². The van der Waals surface area contributed by atoms with Gasteiger partial charge in [-0.05, 0) is 0 Å². The van der Waals surface area contributed by atoms with Gasteiger partial charge in [0.05, 0.1) is 31.7 Å². The average molecular weight is 326 g/mol. The molecule has 1 atom stereocenters. The van der Waals surface area contributed by atoms with Crippen LogP contribution >= 0.6 is 0 Å². The maximum absolute atomic E-state index is 12.5. The number of hydrogen-bond donors (Lipinski definition) is 6. The van der Waals surface area contributed by atoms with E-state index in [0.29, 0.717) is 0 Å². The number of H-pyrrole nitrogens is 1. The molecule has 0 fully saturated rings. The van der Waals surface area contributed by atoms with Crippen molar-refractivity contribution < 1.29 is 24.3 Å². The summed E-state index contributed by atoms with van der Waals surface area (Å²) in [5, 5.41) is 9.54. The average Bonchev–Trinajstić information content (AvgIpc) is 3.07. The summed E-state index contributed by atoms with van der Waals surface area (Å²) in [5.74, 6) is -5.33. The van der Waals surface area contributed by atoms with Crippen LogP contribution in [0.25, 0.3) is 0 Å². The minimum Gasteiger partial charge on any atom is -0.479 e. The van der Waals surface area contributed by atoms with Crippen LogP contribution in [0, 0.1) is 0 Å². The molecule has 1 rings (SSSR count). The third-order valence-corrected chi connectivity index (χ3v) is 3.66. The van der Waals surface area contributed by atoms with Crippen molar-refractivity contribution in [2.75, 3.05) is 19.6 Å². The quantitative estimate of drug-likeness (QED) is 0.241. The zero-order valence-corrected chi connectivity index (χ0v) is 12.1. The molecule has 11 nitrogen and oxygen atoms in total. The van der Waals surface area contributed by atoms with Gasteiger partial charge in [0.1, 0.15) is 0 Å². The standard InChI is InChI=1S/C12H18N6O5/c13-1-7(19)11(8(20)2-14,6-4-17-5-18-6)12(16,10(22)23)9(21)3-15/h4-5H,1-3,13-16H2,(H,17,18)(H,22,23)/t12-/m1/s1. The summed E-state index contributed by atoms with van der Waals surface area (Å²) < 4.78 is 0. The van der Waals surface area contributed by atoms with Crippen molar-refractivity contribution in [1.82, 2.24) is 9.97 Å². The van der Waals surface area contributed by atoms with Crippen LogP contribution in [0.4, 0.5) is 0 Å². The van der Waals surface area contributed by atoms with Crippen LogP contribution < -0.4 is 22.9 Å². The number of carboxylic acid groups (broad SMARTS) is 1. The molecule has 0 unspecified atom stereocenters. The molecule has 1 heterocycles. The Kier molecular flexibility index (Phi) is 5.45. The van der Waals surface area contributed by atoms with E-state index in [0.717, 1.165) is 12.5 Å². The fraction of sp³-hybridized carbons (Fsp3) is 0.417. The summed E-state index contributed by atoms with van der Waals surface area (Å²) in [4.78, 5) is 55.1. The number of nitrogens with zero attached hydrogens (tertiary/aromatic N) is 1.